The van der Waals surface area contributed by atoms with Gasteiger partial charge >= 0.3 is 6.18 Å². The molecule has 2 aromatic rings. The van der Waals surface area contributed by atoms with E-state index in [0.717, 1.165) is 35.2 Å². The van der Waals surface area contributed by atoms with E-state index in [2.05, 4.69) is 5.32 Å². The van der Waals surface area contributed by atoms with Gasteiger partial charge in [-0.2, -0.15) is 13.2 Å². The summed E-state index contributed by atoms with van der Waals surface area (Å²) in [6.07, 6.45) is -4.50. The number of alkyl halides is 3. The van der Waals surface area contributed by atoms with Crippen molar-refractivity contribution in [1.82, 2.24) is 0 Å². The fourth-order valence-electron chi connectivity index (χ4n) is 2.56. The van der Waals surface area contributed by atoms with Crippen molar-refractivity contribution < 1.29 is 32.4 Å². The van der Waals surface area contributed by atoms with Crippen LogP contribution in [0.3, 0.4) is 0 Å². The van der Waals surface area contributed by atoms with Crippen LogP contribution >= 0.6 is 0 Å². The molecule has 0 aromatic heterocycles. The molecule has 0 saturated carbocycles. The van der Waals surface area contributed by atoms with Gasteiger partial charge in [-0.1, -0.05) is 0 Å². The average molecular weight is 395 g/mol. The zero-order valence-electron chi connectivity index (χ0n) is 14.0. The number of halogens is 3. The molecule has 1 N–H and O–H groups in total. The molecule has 1 heterocycles. The minimum atomic E-state index is -4.50. The van der Waals surface area contributed by atoms with Gasteiger partial charge < -0.3 is 10.1 Å². The summed E-state index contributed by atoms with van der Waals surface area (Å²) in [5.74, 6) is -1.07. The summed E-state index contributed by atoms with van der Waals surface area (Å²) >= 11 is 0. The summed E-state index contributed by atoms with van der Waals surface area (Å²) in [5.41, 5.74) is -0.980. The molecule has 11 heteroatoms. The molecule has 0 radical (unpaired) electrons. The fraction of sp³-hybridized carbons (Fsp3) is 0.176. The standard InChI is InChI=1S/C17H12F3N3O5/c18-17(19,20)10-1-3-11(4-2-10)21-15(24)8-22-13-7-12(23(26)27)5-6-14(13)28-9-16(22)25/h1-7H,8-9H2,(H,21,24). The van der Waals surface area contributed by atoms with Crippen molar-refractivity contribution in [3.8, 4) is 5.75 Å². The number of amides is 2. The van der Waals surface area contributed by atoms with E-state index in [-0.39, 0.29) is 29.4 Å². The van der Waals surface area contributed by atoms with Crippen LogP contribution in [0.4, 0.5) is 30.2 Å². The normalized spacial score (nSPS) is 13.5. The highest BCUT2D eigenvalue weighted by atomic mass is 19.4. The molecule has 0 aliphatic carbocycles. The number of anilines is 2. The topological polar surface area (TPSA) is 102 Å². The van der Waals surface area contributed by atoms with Crippen LogP contribution in [0.25, 0.3) is 0 Å². The number of nitrogens with one attached hydrogen (secondary N) is 1. The van der Waals surface area contributed by atoms with E-state index in [1.165, 1.54) is 12.1 Å². The number of nitro benzene ring substituents is 1. The fourth-order valence-corrected chi connectivity index (χ4v) is 2.56. The second-order valence-electron chi connectivity index (χ2n) is 5.80. The number of nitro groups is 1. The van der Waals surface area contributed by atoms with Gasteiger partial charge in [0.2, 0.25) is 5.91 Å². The average Bonchev–Trinajstić information content (AvgIpc) is 2.63. The molecule has 3 rings (SSSR count). The molecule has 0 atom stereocenters. The van der Waals surface area contributed by atoms with E-state index < -0.39 is 35.0 Å². The van der Waals surface area contributed by atoms with E-state index in [1.807, 2.05) is 0 Å². The van der Waals surface area contributed by atoms with Crippen LogP contribution in [0.2, 0.25) is 0 Å². The number of non-ortho nitro benzene ring substituents is 1. The highest BCUT2D eigenvalue weighted by molar-refractivity contribution is 6.05. The Hall–Kier alpha value is -3.63. The highest BCUT2D eigenvalue weighted by Gasteiger charge is 2.31. The summed E-state index contributed by atoms with van der Waals surface area (Å²) in [6.45, 7) is -0.838. The van der Waals surface area contributed by atoms with Crippen molar-refractivity contribution in [3.63, 3.8) is 0 Å². The van der Waals surface area contributed by atoms with Crippen LogP contribution in [0.15, 0.2) is 42.5 Å². The van der Waals surface area contributed by atoms with Gasteiger partial charge in [0, 0.05) is 17.8 Å². The molecular formula is C17H12F3N3O5. The molecule has 2 aromatic carbocycles. The Balaban J connectivity index is 1.76. The maximum absolute atomic E-state index is 12.6. The van der Waals surface area contributed by atoms with Gasteiger partial charge in [-0.25, -0.2) is 0 Å². The number of carbonyl (C=O) groups excluding carboxylic acids is 2. The lowest BCUT2D eigenvalue weighted by atomic mass is 10.2. The van der Waals surface area contributed by atoms with Crippen LogP contribution in [-0.4, -0.2) is 29.9 Å². The molecule has 0 unspecified atom stereocenters. The quantitative estimate of drug-likeness (QED) is 0.634. The monoisotopic (exact) mass is 395 g/mol. The van der Waals surface area contributed by atoms with Gasteiger partial charge in [-0.15, -0.1) is 0 Å². The van der Waals surface area contributed by atoms with Crippen LogP contribution in [0.5, 0.6) is 5.75 Å². The molecule has 0 saturated heterocycles. The second-order valence-corrected chi connectivity index (χ2v) is 5.80. The van der Waals surface area contributed by atoms with Gasteiger partial charge in [-0.3, -0.25) is 24.6 Å². The third-order valence-electron chi connectivity index (χ3n) is 3.89. The smallest absolute Gasteiger partial charge is 0.416 e. The van der Waals surface area contributed by atoms with E-state index in [9.17, 15) is 32.9 Å². The maximum atomic E-state index is 12.6. The first-order valence-corrected chi connectivity index (χ1v) is 7.84. The molecule has 146 valence electrons. The Morgan fingerprint density at radius 3 is 2.50 bits per heavy atom. The molecule has 8 nitrogen and oxygen atoms in total. The van der Waals surface area contributed by atoms with Gasteiger partial charge in [0.1, 0.15) is 12.3 Å². The SMILES string of the molecule is O=C(CN1C(=O)COc2ccc([N+](=O)[O-])cc21)Nc1ccc(C(F)(F)F)cc1. The largest absolute Gasteiger partial charge is 0.482 e. The first-order chi connectivity index (χ1) is 13.1. The number of ether oxygens (including phenoxy) is 1. The van der Waals surface area contributed by atoms with E-state index in [1.54, 1.807) is 0 Å². The van der Waals surface area contributed by atoms with Crippen molar-refractivity contribution in [3.05, 3.63) is 58.1 Å². The first-order valence-electron chi connectivity index (χ1n) is 7.84. The second kappa shape index (κ2) is 7.18. The number of fused-ring (bicyclic) bond motifs is 1. The highest BCUT2D eigenvalue weighted by Crippen LogP contribution is 2.35. The maximum Gasteiger partial charge on any atom is 0.416 e. The molecule has 0 bridgehead atoms. The molecule has 28 heavy (non-hydrogen) atoms. The number of hydrogen-bond acceptors (Lipinski definition) is 5. The Kier molecular flexibility index (Phi) is 4.91. The summed E-state index contributed by atoms with van der Waals surface area (Å²) in [5, 5.41) is 13.3. The number of hydrogen-bond donors (Lipinski definition) is 1. The molecule has 2 amide bonds. The number of benzene rings is 2. The van der Waals surface area contributed by atoms with Gasteiger partial charge in [-0.05, 0) is 30.3 Å². The number of rotatable bonds is 4. The Labute approximate surface area is 155 Å². The van der Waals surface area contributed by atoms with Crippen LogP contribution in [0, 0.1) is 10.1 Å². The predicted octanol–water partition coefficient (Wildman–Crippen LogP) is 2.98. The Morgan fingerprint density at radius 1 is 1.21 bits per heavy atom. The zero-order chi connectivity index (χ0) is 20.5. The molecule has 0 spiro atoms. The minimum Gasteiger partial charge on any atom is -0.482 e. The van der Waals surface area contributed by atoms with Crippen molar-refractivity contribution in [2.75, 3.05) is 23.4 Å². The molecule has 1 aliphatic rings. The summed E-state index contributed by atoms with van der Waals surface area (Å²) in [6, 6.07) is 7.43. The minimum absolute atomic E-state index is 0.0630. The van der Waals surface area contributed by atoms with E-state index >= 15 is 0 Å². The van der Waals surface area contributed by atoms with Crippen LogP contribution < -0.4 is 15.0 Å². The van der Waals surface area contributed by atoms with Crippen molar-refractivity contribution in [1.29, 1.82) is 0 Å². The predicted molar refractivity (Wildman–Crippen MR) is 91.0 cm³/mol. The van der Waals surface area contributed by atoms with Gasteiger partial charge in [0.15, 0.2) is 6.61 Å². The van der Waals surface area contributed by atoms with E-state index in [4.69, 9.17) is 4.74 Å². The van der Waals surface area contributed by atoms with Gasteiger partial charge in [0.25, 0.3) is 11.6 Å². The lowest BCUT2D eigenvalue weighted by Gasteiger charge is -2.28. The lowest BCUT2D eigenvalue weighted by Crippen LogP contribution is -2.43. The van der Waals surface area contributed by atoms with Crippen molar-refractivity contribution in [2.45, 2.75) is 6.18 Å². The Bertz CT molecular complexity index is 944. The lowest BCUT2D eigenvalue weighted by molar-refractivity contribution is -0.384. The molecule has 0 fully saturated rings. The first kappa shape index (κ1) is 19.1. The van der Waals surface area contributed by atoms with Gasteiger partial charge in [0.05, 0.1) is 16.2 Å². The third kappa shape index (κ3) is 4.03. The summed E-state index contributed by atoms with van der Waals surface area (Å²) in [7, 11) is 0. The summed E-state index contributed by atoms with van der Waals surface area (Å²) < 4.78 is 42.9. The molecule has 1 aliphatic heterocycles. The number of carbonyl (C=O) groups is 2. The molecular weight excluding hydrogens is 383 g/mol. The number of nitrogens with zero attached hydrogens (tertiary/aromatic N) is 2. The Morgan fingerprint density at radius 2 is 1.89 bits per heavy atom. The van der Waals surface area contributed by atoms with Crippen LogP contribution in [0.1, 0.15) is 5.56 Å². The van der Waals surface area contributed by atoms with Crippen LogP contribution in [-0.2, 0) is 15.8 Å². The third-order valence-corrected chi connectivity index (χ3v) is 3.89. The van der Waals surface area contributed by atoms with E-state index in [0.29, 0.717) is 0 Å². The zero-order valence-corrected chi connectivity index (χ0v) is 14.0. The summed E-state index contributed by atoms with van der Waals surface area (Å²) in [4.78, 5) is 35.6. The van der Waals surface area contributed by atoms with Crippen molar-refractivity contribution in [2.24, 2.45) is 0 Å². The van der Waals surface area contributed by atoms with Crippen molar-refractivity contribution >= 4 is 28.9 Å².